The molecule has 1 heteroatoms. The van der Waals surface area contributed by atoms with E-state index in [1.807, 2.05) is 0 Å². The molecule has 0 rings (SSSR count). The highest BCUT2D eigenvalue weighted by Gasteiger charge is 1.97. The minimum Gasteiger partial charge on any atom is -0.258 e. The number of nitrogens with one attached hydrogen (secondary N) is 1. The number of hydrogen-bond acceptors (Lipinski definition) is 0. The third kappa shape index (κ3) is 5.84. The predicted octanol–water partition coefficient (Wildman–Crippen LogP) is 2.49. The second-order valence-electron chi connectivity index (χ2n) is 2.79. The minimum absolute atomic E-state index is 0.602. The molecule has 0 saturated carbocycles. The van der Waals surface area contributed by atoms with E-state index in [0.29, 0.717) is 6.54 Å². The maximum atomic E-state index is 6.97. The SMILES string of the molecule is CCCCC(C)CC[NH]. The van der Waals surface area contributed by atoms with Gasteiger partial charge in [-0.1, -0.05) is 33.1 Å². The van der Waals surface area contributed by atoms with E-state index >= 15 is 0 Å². The Bertz CT molecular complexity index is 52.5. The van der Waals surface area contributed by atoms with Crippen molar-refractivity contribution in [3.63, 3.8) is 0 Å². The van der Waals surface area contributed by atoms with Crippen LogP contribution in [0.4, 0.5) is 0 Å². The molecule has 9 heavy (non-hydrogen) atoms. The van der Waals surface area contributed by atoms with E-state index in [9.17, 15) is 0 Å². The summed E-state index contributed by atoms with van der Waals surface area (Å²) in [4.78, 5) is 0. The second kappa shape index (κ2) is 6.09. The van der Waals surface area contributed by atoms with Gasteiger partial charge < -0.3 is 0 Å². The zero-order valence-corrected chi connectivity index (χ0v) is 6.61. The van der Waals surface area contributed by atoms with E-state index in [-0.39, 0.29) is 0 Å². The van der Waals surface area contributed by atoms with Crippen LogP contribution in [0.1, 0.15) is 39.5 Å². The first-order valence-electron chi connectivity index (χ1n) is 3.95. The van der Waals surface area contributed by atoms with E-state index in [1.165, 1.54) is 19.3 Å². The van der Waals surface area contributed by atoms with Gasteiger partial charge in [0.05, 0.1) is 0 Å². The molecule has 0 aliphatic rings. The van der Waals surface area contributed by atoms with E-state index in [4.69, 9.17) is 5.73 Å². The molecule has 0 spiro atoms. The fourth-order valence-corrected chi connectivity index (χ4v) is 0.943. The molecule has 1 radical (unpaired) electrons. The third-order valence-corrected chi connectivity index (χ3v) is 1.69. The summed E-state index contributed by atoms with van der Waals surface area (Å²) in [6, 6.07) is 0. The zero-order chi connectivity index (χ0) is 7.11. The molecule has 1 atom stereocenters. The average molecular weight is 128 g/mol. The lowest BCUT2D eigenvalue weighted by atomic mass is 10.0. The summed E-state index contributed by atoms with van der Waals surface area (Å²) < 4.78 is 0. The Morgan fingerprint density at radius 2 is 2.00 bits per heavy atom. The van der Waals surface area contributed by atoms with Crippen LogP contribution >= 0.6 is 0 Å². The van der Waals surface area contributed by atoms with Crippen LogP contribution in [0.25, 0.3) is 0 Å². The molecule has 0 aliphatic heterocycles. The predicted molar refractivity (Wildman–Crippen MR) is 41.3 cm³/mol. The van der Waals surface area contributed by atoms with Crippen molar-refractivity contribution in [1.29, 1.82) is 0 Å². The van der Waals surface area contributed by atoms with Gasteiger partial charge in [-0.3, -0.25) is 5.73 Å². The summed E-state index contributed by atoms with van der Waals surface area (Å²) in [7, 11) is 0. The van der Waals surface area contributed by atoms with Gasteiger partial charge in [0.2, 0.25) is 0 Å². The molecular weight excluding hydrogens is 110 g/mol. The molecule has 0 saturated heterocycles. The first-order chi connectivity index (χ1) is 4.31. The summed E-state index contributed by atoms with van der Waals surface area (Å²) in [6.07, 6.45) is 5.03. The fraction of sp³-hybridized carbons (Fsp3) is 1.00. The Hall–Kier alpha value is -0.0400. The standard InChI is InChI=1S/C8H18N/c1-3-4-5-8(2)6-7-9/h8-9H,3-7H2,1-2H3. The van der Waals surface area contributed by atoms with E-state index in [0.717, 1.165) is 12.3 Å². The molecule has 0 aliphatic carbocycles. The highest BCUT2D eigenvalue weighted by atomic mass is 14.5. The Kier molecular flexibility index (Phi) is 6.06. The molecule has 1 N–H and O–H groups in total. The van der Waals surface area contributed by atoms with Gasteiger partial charge in [-0.2, -0.15) is 0 Å². The van der Waals surface area contributed by atoms with Gasteiger partial charge in [0.15, 0.2) is 0 Å². The topological polar surface area (TPSA) is 23.8 Å². The minimum atomic E-state index is 0.602. The second-order valence-corrected chi connectivity index (χ2v) is 2.79. The molecule has 55 valence electrons. The normalized spacial score (nSPS) is 13.7. The Morgan fingerprint density at radius 1 is 1.33 bits per heavy atom. The largest absolute Gasteiger partial charge is 0.258 e. The Labute approximate surface area is 58.6 Å². The smallest absolute Gasteiger partial charge is 0.0102 e. The molecule has 1 nitrogen and oxygen atoms in total. The first-order valence-corrected chi connectivity index (χ1v) is 3.95. The van der Waals surface area contributed by atoms with Gasteiger partial charge in [0.1, 0.15) is 0 Å². The monoisotopic (exact) mass is 128 g/mol. The van der Waals surface area contributed by atoms with Gasteiger partial charge >= 0.3 is 0 Å². The number of rotatable bonds is 5. The van der Waals surface area contributed by atoms with Crippen LogP contribution in [0.5, 0.6) is 0 Å². The highest BCUT2D eigenvalue weighted by molar-refractivity contribution is 4.52. The Morgan fingerprint density at radius 3 is 2.44 bits per heavy atom. The summed E-state index contributed by atoms with van der Waals surface area (Å²) in [5.41, 5.74) is 6.97. The van der Waals surface area contributed by atoms with Crippen LogP contribution < -0.4 is 5.73 Å². The van der Waals surface area contributed by atoms with Crippen molar-refractivity contribution >= 4 is 0 Å². The Balaban J connectivity index is 2.95. The van der Waals surface area contributed by atoms with Crippen LogP contribution in [0.2, 0.25) is 0 Å². The average Bonchev–Trinajstić information content (AvgIpc) is 1.85. The summed E-state index contributed by atoms with van der Waals surface area (Å²) in [6.45, 7) is 5.06. The van der Waals surface area contributed by atoms with Crippen molar-refractivity contribution in [2.75, 3.05) is 6.54 Å². The van der Waals surface area contributed by atoms with Gasteiger partial charge in [-0.25, -0.2) is 0 Å². The van der Waals surface area contributed by atoms with Gasteiger partial charge in [0, 0.05) is 6.54 Å². The third-order valence-electron chi connectivity index (χ3n) is 1.69. The van der Waals surface area contributed by atoms with Gasteiger partial charge in [0.25, 0.3) is 0 Å². The first kappa shape index (κ1) is 8.96. The fourth-order valence-electron chi connectivity index (χ4n) is 0.943. The van der Waals surface area contributed by atoms with Gasteiger partial charge in [-0.05, 0) is 12.3 Å². The van der Waals surface area contributed by atoms with Crippen molar-refractivity contribution in [3.8, 4) is 0 Å². The van der Waals surface area contributed by atoms with E-state index < -0.39 is 0 Å². The van der Waals surface area contributed by atoms with Gasteiger partial charge in [-0.15, -0.1) is 0 Å². The molecule has 0 aromatic carbocycles. The lowest BCUT2D eigenvalue weighted by Gasteiger charge is -2.06. The summed E-state index contributed by atoms with van der Waals surface area (Å²) in [5, 5.41) is 0. The van der Waals surface area contributed by atoms with Crippen LogP contribution in [-0.4, -0.2) is 6.54 Å². The van der Waals surface area contributed by atoms with Crippen molar-refractivity contribution in [3.05, 3.63) is 0 Å². The lowest BCUT2D eigenvalue weighted by molar-refractivity contribution is 0.475. The zero-order valence-electron chi connectivity index (χ0n) is 6.61. The molecule has 0 aromatic heterocycles. The lowest BCUT2D eigenvalue weighted by Crippen LogP contribution is -1.98. The summed E-state index contributed by atoms with van der Waals surface area (Å²) >= 11 is 0. The molecular formula is C8H18N. The maximum Gasteiger partial charge on any atom is 0.0102 e. The number of unbranched alkanes of at least 4 members (excludes halogenated alkanes) is 1. The van der Waals surface area contributed by atoms with Crippen molar-refractivity contribution in [1.82, 2.24) is 5.73 Å². The molecule has 0 amide bonds. The molecule has 1 unspecified atom stereocenters. The van der Waals surface area contributed by atoms with Crippen molar-refractivity contribution in [2.24, 2.45) is 5.92 Å². The highest BCUT2D eigenvalue weighted by Crippen LogP contribution is 2.09. The van der Waals surface area contributed by atoms with E-state index in [1.54, 1.807) is 0 Å². The van der Waals surface area contributed by atoms with Crippen LogP contribution in [-0.2, 0) is 0 Å². The molecule has 0 aromatic rings. The quantitative estimate of drug-likeness (QED) is 0.543. The maximum absolute atomic E-state index is 6.97. The molecule has 0 fully saturated rings. The van der Waals surface area contributed by atoms with Crippen LogP contribution in [0.3, 0.4) is 0 Å². The van der Waals surface area contributed by atoms with Crippen LogP contribution in [0.15, 0.2) is 0 Å². The molecule has 0 bridgehead atoms. The van der Waals surface area contributed by atoms with E-state index in [2.05, 4.69) is 13.8 Å². The van der Waals surface area contributed by atoms with Crippen molar-refractivity contribution < 1.29 is 0 Å². The van der Waals surface area contributed by atoms with Crippen molar-refractivity contribution in [2.45, 2.75) is 39.5 Å². The molecule has 0 heterocycles. The van der Waals surface area contributed by atoms with Crippen LogP contribution in [0, 0.1) is 5.92 Å². The number of hydrogen-bond donors (Lipinski definition) is 0. The summed E-state index contributed by atoms with van der Waals surface area (Å²) in [5.74, 6) is 0.780.